The zero-order chi connectivity index (χ0) is 13.2. The second-order valence-corrected chi connectivity index (χ2v) is 5.52. The second kappa shape index (κ2) is 5.19. The molecule has 2 aromatic heterocycles. The third-order valence-electron chi connectivity index (χ3n) is 3.44. The molecule has 3 rings (SSSR count). The van der Waals surface area contributed by atoms with Crippen molar-refractivity contribution in [3.8, 4) is 0 Å². The molecule has 0 radical (unpaired) electrons. The van der Waals surface area contributed by atoms with Gasteiger partial charge in [0.15, 0.2) is 0 Å². The van der Waals surface area contributed by atoms with Crippen LogP contribution in [0, 0.1) is 6.92 Å². The van der Waals surface area contributed by atoms with Crippen molar-refractivity contribution in [2.45, 2.75) is 19.9 Å². The van der Waals surface area contributed by atoms with Gasteiger partial charge in [-0.2, -0.15) is 0 Å². The fourth-order valence-electron chi connectivity index (χ4n) is 2.51. The molecule has 0 aliphatic heterocycles. The highest BCUT2D eigenvalue weighted by Gasteiger charge is 2.20. The number of fused-ring (bicyclic) bond motifs is 1. The summed E-state index contributed by atoms with van der Waals surface area (Å²) in [5.74, 6) is 0.987. The van der Waals surface area contributed by atoms with Gasteiger partial charge in [0.1, 0.15) is 5.76 Å². The summed E-state index contributed by atoms with van der Waals surface area (Å²) in [6, 6.07) is 10.8. The van der Waals surface area contributed by atoms with Crippen LogP contribution >= 0.6 is 11.3 Å². The normalized spacial score (nSPS) is 12.9. The third kappa shape index (κ3) is 2.20. The zero-order valence-corrected chi connectivity index (χ0v) is 12.0. The topological polar surface area (TPSA) is 25.2 Å². The van der Waals surface area contributed by atoms with Crippen molar-refractivity contribution in [1.82, 2.24) is 5.32 Å². The Hall–Kier alpha value is -1.58. The van der Waals surface area contributed by atoms with Crippen molar-refractivity contribution in [3.05, 3.63) is 58.9 Å². The predicted octanol–water partition coefficient (Wildman–Crippen LogP) is 4.50. The lowest BCUT2D eigenvalue weighted by atomic mass is 9.98. The lowest BCUT2D eigenvalue weighted by Crippen LogP contribution is -2.21. The molecule has 0 aliphatic rings. The highest BCUT2D eigenvalue weighted by molar-refractivity contribution is 7.17. The van der Waals surface area contributed by atoms with Crippen LogP contribution in [0.25, 0.3) is 10.1 Å². The van der Waals surface area contributed by atoms with Crippen molar-refractivity contribution in [2.75, 3.05) is 6.54 Å². The number of aryl methyl sites for hydroxylation is 1. The van der Waals surface area contributed by atoms with Gasteiger partial charge in [0.2, 0.25) is 0 Å². The van der Waals surface area contributed by atoms with Gasteiger partial charge < -0.3 is 9.73 Å². The van der Waals surface area contributed by atoms with E-state index in [0.29, 0.717) is 0 Å². The highest BCUT2D eigenvalue weighted by Crippen LogP contribution is 2.34. The second-order valence-electron chi connectivity index (χ2n) is 4.61. The van der Waals surface area contributed by atoms with Crippen molar-refractivity contribution >= 4 is 21.4 Å². The molecule has 1 atom stereocenters. The maximum absolute atomic E-state index is 5.47. The molecular weight excluding hydrogens is 254 g/mol. The number of hydrogen-bond donors (Lipinski definition) is 1. The van der Waals surface area contributed by atoms with Crippen LogP contribution in [0.3, 0.4) is 0 Å². The summed E-state index contributed by atoms with van der Waals surface area (Å²) in [4.78, 5) is 0. The van der Waals surface area contributed by atoms with E-state index in [1.807, 2.05) is 6.92 Å². The van der Waals surface area contributed by atoms with Crippen LogP contribution in [0.4, 0.5) is 0 Å². The Labute approximate surface area is 117 Å². The van der Waals surface area contributed by atoms with E-state index in [4.69, 9.17) is 4.42 Å². The molecule has 2 nitrogen and oxygen atoms in total. The van der Waals surface area contributed by atoms with Crippen LogP contribution in [-0.4, -0.2) is 6.54 Å². The number of benzene rings is 1. The number of rotatable bonds is 4. The van der Waals surface area contributed by atoms with Crippen LogP contribution in [0.1, 0.15) is 29.9 Å². The lowest BCUT2D eigenvalue weighted by molar-refractivity contribution is 0.520. The smallest absolute Gasteiger partial charge is 0.105 e. The zero-order valence-electron chi connectivity index (χ0n) is 11.1. The summed E-state index contributed by atoms with van der Waals surface area (Å²) in [7, 11) is 0. The molecule has 0 bridgehead atoms. The summed E-state index contributed by atoms with van der Waals surface area (Å²) < 4.78 is 6.80. The first kappa shape index (κ1) is 12.5. The van der Waals surface area contributed by atoms with Gasteiger partial charge in [-0.25, -0.2) is 0 Å². The first-order valence-electron chi connectivity index (χ1n) is 6.54. The van der Waals surface area contributed by atoms with E-state index in [-0.39, 0.29) is 6.04 Å². The van der Waals surface area contributed by atoms with Crippen LogP contribution in [0.2, 0.25) is 0 Å². The first-order chi connectivity index (χ1) is 9.31. The molecule has 0 spiro atoms. The molecule has 1 aromatic carbocycles. The molecule has 0 amide bonds. The molecule has 1 N–H and O–H groups in total. The van der Waals surface area contributed by atoms with Gasteiger partial charge in [-0.05, 0) is 41.9 Å². The maximum Gasteiger partial charge on any atom is 0.105 e. The van der Waals surface area contributed by atoms with Gasteiger partial charge in [0.05, 0.1) is 12.3 Å². The van der Waals surface area contributed by atoms with E-state index in [2.05, 4.69) is 48.0 Å². The summed E-state index contributed by atoms with van der Waals surface area (Å²) in [5, 5.41) is 7.15. The number of hydrogen-bond acceptors (Lipinski definition) is 3. The molecule has 3 heteroatoms. The van der Waals surface area contributed by atoms with Gasteiger partial charge in [0, 0.05) is 10.3 Å². The molecule has 0 saturated heterocycles. The van der Waals surface area contributed by atoms with Gasteiger partial charge in [-0.15, -0.1) is 11.3 Å². The Bertz CT molecular complexity index is 683. The lowest BCUT2D eigenvalue weighted by Gasteiger charge is -2.17. The molecule has 0 saturated carbocycles. The standard InChI is InChI=1S/C16H17NOS/c1-3-17-16(12-8-9-18-11(12)2)14-10-19-15-7-5-4-6-13(14)15/h4-10,16-17H,3H2,1-2H3. The third-order valence-corrected chi connectivity index (χ3v) is 4.42. The van der Waals surface area contributed by atoms with Gasteiger partial charge in [0.25, 0.3) is 0 Å². The van der Waals surface area contributed by atoms with Crippen molar-refractivity contribution in [3.63, 3.8) is 0 Å². The summed E-state index contributed by atoms with van der Waals surface area (Å²) in [6.45, 7) is 5.09. The Kier molecular flexibility index (Phi) is 3.40. The Morgan fingerprint density at radius 3 is 2.79 bits per heavy atom. The van der Waals surface area contributed by atoms with E-state index in [1.54, 1.807) is 17.6 Å². The maximum atomic E-state index is 5.47. The summed E-state index contributed by atoms with van der Waals surface area (Å²) >= 11 is 1.80. The average Bonchev–Trinajstić information content (AvgIpc) is 3.03. The average molecular weight is 271 g/mol. The largest absolute Gasteiger partial charge is 0.469 e. The summed E-state index contributed by atoms with van der Waals surface area (Å²) in [5.41, 5.74) is 2.57. The number of furan rings is 1. The van der Waals surface area contributed by atoms with Crippen LogP contribution < -0.4 is 5.32 Å². The predicted molar refractivity (Wildman–Crippen MR) is 80.8 cm³/mol. The van der Waals surface area contributed by atoms with Gasteiger partial charge >= 0.3 is 0 Å². The SMILES string of the molecule is CCNC(c1ccoc1C)c1csc2ccccc12. The Morgan fingerprint density at radius 2 is 2.05 bits per heavy atom. The Morgan fingerprint density at radius 1 is 1.21 bits per heavy atom. The van der Waals surface area contributed by atoms with Crippen LogP contribution in [0.15, 0.2) is 46.4 Å². The van der Waals surface area contributed by atoms with E-state index in [9.17, 15) is 0 Å². The fourth-order valence-corrected chi connectivity index (χ4v) is 3.49. The van der Waals surface area contributed by atoms with Gasteiger partial charge in [-0.3, -0.25) is 0 Å². The fraction of sp³-hybridized carbons (Fsp3) is 0.250. The van der Waals surface area contributed by atoms with Crippen LogP contribution in [0.5, 0.6) is 0 Å². The monoisotopic (exact) mass is 271 g/mol. The first-order valence-corrected chi connectivity index (χ1v) is 7.42. The molecule has 2 heterocycles. The van der Waals surface area contributed by atoms with Crippen molar-refractivity contribution in [2.24, 2.45) is 0 Å². The van der Waals surface area contributed by atoms with Crippen molar-refractivity contribution in [1.29, 1.82) is 0 Å². The molecule has 3 aromatic rings. The van der Waals surface area contributed by atoms with E-state index >= 15 is 0 Å². The minimum absolute atomic E-state index is 0.208. The number of thiophene rings is 1. The quantitative estimate of drug-likeness (QED) is 0.755. The van der Waals surface area contributed by atoms with E-state index in [1.165, 1.54) is 21.2 Å². The minimum Gasteiger partial charge on any atom is -0.469 e. The molecule has 0 fully saturated rings. The van der Waals surface area contributed by atoms with Crippen molar-refractivity contribution < 1.29 is 4.42 Å². The van der Waals surface area contributed by atoms with Crippen LogP contribution in [-0.2, 0) is 0 Å². The molecule has 0 aliphatic carbocycles. The van der Waals surface area contributed by atoms with Gasteiger partial charge in [-0.1, -0.05) is 25.1 Å². The summed E-state index contributed by atoms with van der Waals surface area (Å²) in [6.07, 6.45) is 1.77. The minimum atomic E-state index is 0.208. The Balaban J connectivity index is 2.12. The van der Waals surface area contributed by atoms with E-state index < -0.39 is 0 Å². The number of nitrogens with one attached hydrogen (secondary N) is 1. The molecule has 19 heavy (non-hydrogen) atoms. The highest BCUT2D eigenvalue weighted by atomic mass is 32.1. The van der Waals surface area contributed by atoms with E-state index in [0.717, 1.165) is 12.3 Å². The molecule has 98 valence electrons. The molecule has 1 unspecified atom stereocenters. The molecular formula is C16H17NOS.